The number of fused-ring (bicyclic) bond motifs is 1. The Kier molecular flexibility index (Phi) is 4.35. The van der Waals surface area contributed by atoms with Gasteiger partial charge in [0.05, 0.1) is 0 Å². The van der Waals surface area contributed by atoms with Crippen LogP contribution in [0.2, 0.25) is 0 Å². The number of amides is 1. The lowest BCUT2D eigenvalue weighted by Crippen LogP contribution is -2.45. The topological polar surface area (TPSA) is 44.4 Å². The lowest BCUT2D eigenvalue weighted by atomic mass is 9.92. The van der Waals surface area contributed by atoms with Crippen molar-refractivity contribution >= 4 is 5.91 Å². The van der Waals surface area contributed by atoms with Crippen molar-refractivity contribution in [3.63, 3.8) is 0 Å². The summed E-state index contributed by atoms with van der Waals surface area (Å²) in [5, 5.41) is 6.64. The summed E-state index contributed by atoms with van der Waals surface area (Å²) in [4.78, 5) is 15.0. The minimum absolute atomic E-state index is 0.272. The van der Waals surface area contributed by atoms with E-state index in [1.807, 2.05) is 0 Å². The van der Waals surface area contributed by atoms with E-state index in [0.29, 0.717) is 17.4 Å². The van der Waals surface area contributed by atoms with Crippen LogP contribution in [0.3, 0.4) is 0 Å². The van der Waals surface area contributed by atoms with Crippen molar-refractivity contribution in [3.05, 3.63) is 35.4 Å². The number of piperidine rings is 1. The van der Waals surface area contributed by atoms with Crippen LogP contribution >= 0.6 is 0 Å². The lowest BCUT2D eigenvalue weighted by molar-refractivity contribution is -0.123. The number of rotatable bonds is 4. The molecule has 0 radical (unpaired) electrons. The highest BCUT2D eigenvalue weighted by atomic mass is 16.2. The van der Waals surface area contributed by atoms with E-state index in [9.17, 15) is 4.79 Å². The van der Waals surface area contributed by atoms with Crippen LogP contribution in [-0.2, 0) is 17.8 Å². The molecule has 1 saturated heterocycles. The molecule has 2 N–H and O–H groups in total. The maximum Gasteiger partial charge on any atom is 0.223 e. The molecule has 4 nitrogen and oxygen atoms in total. The van der Waals surface area contributed by atoms with E-state index < -0.39 is 0 Å². The van der Waals surface area contributed by atoms with Gasteiger partial charge in [-0.25, -0.2) is 0 Å². The quantitative estimate of drug-likeness (QED) is 0.888. The maximum absolute atomic E-state index is 12.5. The van der Waals surface area contributed by atoms with E-state index in [1.165, 1.54) is 24.0 Å². The Hall–Kier alpha value is -1.39. The third-order valence-electron chi connectivity index (χ3n) is 6.46. The standard InChI is InChI=1S/C20H29N3O/c1-15(23-11-6-16-4-2-3-5-17(16)14-23)13-22-19(24)18-12-20(18)7-9-21-10-8-20/h2-5,15,18,21H,6-14H2,1H3,(H,22,24). The van der Waals surface area contributed by atoms with Gasteiger partial charge in [-0.3, -0.25) is 9.69 Å². The van der Waals surface area contributed by atoms with Gasteiger partial charge >= 0.3 is 0 Å². The fourth-order valence-electron chi connectivity index (χ4n) is 4.59. The van der Waals surface area contributed by atoms with Gasteiger partial charge in [-0.1, -0.05) is 24.3 Å². The second-order valence-corrected chi connectivity index (χ2v) is 7.95. The SMILES string of the molecule is CC(CNC(=O)C1CC12CCNCC2)N1CCc2ccccc2C1. The molecule has 0 aromatic heterocycles. The van der Waals surface area contributed by atoms with Crippen LogP contribution in [0.25, 0.3) is 0 Å². The van der Waals surface area contributed by atoms with Crippen LogP contribution < -0.4 is 10.6 Å². The summed E-state index contributed by atoms with van der Waals surface area (Å²) in [6.45, 7) is 7.26. The van der Waals surface area contributed by atoms with Crippen LogP contribution in [0.5, 0.6) is 0 Å². The number of hydrogen-bond acceptors (Lipinski definition) is 3. The summed E-state index contributed by atoms with van der Waals surface area (Å²) >= 11 is 0. The van der Waals surface area contributed by atoms with E-state index in [-0.39, 0.29) is 5.92 Å². The third-order valence-corrected chi connectivity index (χ3v) is 6.46. The molecule has 1 saturated carbocycles. The molecule has 24 heavy (non-hydrogen) atoms. The zero-order chi connectivity index (χ0) is 16.6. The average molecular weight is 327 g/mol. The first-order chi connectivity index (χ1) is 11.7. The van der Waals surface area contributed by atoms with Crippen molar-refractivity contribution in [1.29, 1.82) is 0 Å². The van der Waals surface area contributed by atoms with Gasteiger partial charge in [0.1, 0.15) is 0 Å². The Bertz CT molecular complexity index is 609. The summed E-state index contributed by atoms with van der Waals surface area (Å²) in [6, 6.07) is 9.12. The first-order valence-electron chi connectivity index (χ1n) is 9.47. The molecule has 2 unspecified atom stereocenters. The molecule has 1 aromatic carbocycles. The number of carbonyl (C=O) groups excluding carboxylic acids is 1. The minimum atomic E-state index is 0.272. The Morgan fingerprint density at radius 1 is 1.33 bits per heavy atom. The predicted octanol–water partition coefficient (Wildman–Crippen LogP) is 1.94. The van der Waals surface area contributed by atoms with Gasteiger partial charge in [-0.2, -0.15) is 0 Å². The molecule has 130 valence electrons. The molecule has 1 amide bonds. The van der Waals surface area contributed by atoms with Crippen molar-refractivity contribution in [3.8, 4) is 0 Å². The Morgan fingerprint density at radius 2 is 2.08 bits per heavy atom. The van der Waals surface area contributed by atoms with Crippen molar-refractivity contribution in [2.45, 2.75) is 45.2 Å². The number of benzene rings is 1. The zero-order valence-electron chi connectivity index (χ0n) is 14.7. The molecule has 2 heterocycles. The smallest absolute Gasteiger partial charge is 0.223 e. The van der Waals surface area contributed by atoms with E-state index in [4.69, 9.17) is 0 Å². The fourth-order valence-corrected chi connectivity index (χ4v) is 4.59. The molecule has 2 aliphatic heterocycles. The fraction of sp³-hybridized carbons (Fsp3) is 0.650. The van der Waals surface area contributed by atoms with E-state index in [0.717, 1.165) is 45.6 Å². The molecule has 0 bridgehead atoms. The molecule has 4 rings (SSSR count). The number of nitrogens with one attached hydrogen (secondary N) is 2. The first kappa shape index (κ1) is 16.1. The monoisotopic (exact) mass is 327 g/mol. The van der Waals surface area contributed by atoms with Gasteiger partial charge in [0.2, 0.25) is 5.91 Å². The Labute approximate surface area is 145 Å². The van der Waals surface area contributed by atoms with E-state index >= 15 is 0 Å². The summed E-state index contributed by atoms with van der Waals surface area (Å²) in [7, 11) is 0. The van der Waals surface area contributed by atoms with Gasteiger partial charge in [-0.15, -0.1) is 0 Å². The number of hydrogen-bond donors (Lipinski definition) is 2. The van der Waals surface area contributed by atoms with Gasteiger partial charge in [0.25, 0.3) is 0 Å². The molecular weight excluding hydrogens is 298 g/mol. The largest absolute Gasteiger partial charge is 0.354 e. The molecule has 4 heteroatoms. The van der Waals surface area contributed by atoms with Crippen LogP contribution in [0.1, 0.15) is 37.3 Å². The Balaban J connectivity index is 1.27. The Morgan fingerprint density at radius 3 is 2.88 bits per heavy atom. The normalized spacial score (nSPS) is 26.6. The van der Waals surface area contributed by atoms with Gasteiger partial charge in [-0.05, 0) is 62.2 Å². The molecule has 1 spiro atoms. The number of nitrogens with zero attached hydrogens (tertiary/aromatic N) is 1. The van der Waals surface area contributed by atoms with Crippen LogP contribution in [-0.4, -0.2) is 43.0 Å². The third kappa shape index (κ3) is 3.09. The van der Waals surface area contributed by atoms with Crippen molar-refractivity contribution in [2.75, 3.05) is 26.2 Å². The second-order valence-electron chi connectivity index (χ2n) is 7.95. The first-order valence-corrected chi connectivity index (χ1v) is 9.47. The molecule has 2 fully saturated rings. The van der Waals surface area contributed by atoms with Gasteiger partial charge < -0.3 is 10.6 Å². The highest BCUT2D eigenvalue weighted by Crippen LogP contribution is 2.58. The van der Waals surface area contributed by atoms with Gasteiger partial charge in [0, 0.05) is 31.6 Å². The molecule has 1 aliphatic carbocycles. The highest BCUT2D eigenvalue weighted by Gasteiger charge is 2.57. The molecule has 3 aliphatic rings. The molecule has 2 atom stereocenters. The van der Waals surface area contributed by atoms with Crippen LogP contribution in [0.15, 0.2) is 24.3 Å². The van der Waals surface area contributed by atoms with Crippen LogP contribution in [0.4, 0.5) is 0 Å². The predicted molar refractivity (Wildman–Crippen MR) is 95.7 cm³/mol. The summed E-state index contributed by atoms with van der Waals surface area (Å²) in [5.74, 6) is 0.565. The van der Waals surface area contributed by atoms with Crippen LogP contribution in [0, 0.1) is 11.3 Å². The van der Waals surface area contributed by atoms with Gasteiger partial charge in [0.15, 0.2) is 0 Å². The lowest BCUT2D eigenvalue weighted by Gasteiger charge is -2.34. The summed E-state index contributed by atoms with van der Waals surface area (Å²) in [5.41, 5.74) is 3.26. The molecular formula is C20H29N3O. The van der Waals surface area contributed by atoms with Crippen molar-refractivity contribution in [2.24, 2.45) is 11.3 Å². The van der Waals surface area contributed by atoms with Crippen molar-refractivity contribution in [1.82, 2.24) is 15.5 Å². The average Bonchev–Trinajstić information content (AvgIpc) is 3.32. The minimum Gasteiger partial charge on any atom is -0.354 e. The molecule has 1 aromatic rings. The maximum atomic E-state index is 12.5. The second kappa shape index (κ2) is 6.49. The number of carbonyl (C=O) groups is 1. The zero-order valence-corrected chi connectivity index (χ0v) is 14.7. The van der Waals surface area contributed by atoms with E-state index in [2.05, 4.69) is 46.7 Å². The van der Waals surface area contributed by atoms with E-state index in [1.54, 1.807) is 0 Å². The van der Waals surface area contributed by atoms with Crippen molar-refractivity contribution < 1.29 is 4.79 Å². The summed E-state index contributed by atoms with van der Waals surface area (Å²) in [6.07, 6.45) is 4.56. The summed E-state index contributed by atoms with van der Waals surface area (Å²) < 4.78 is 0. The highest BCUT2D eigenvalue weighted by molar-refractivity contribution is 5.82.